The van der Waals surface area contributed by atoms with Crippen molar-refractivity contribution in [2.75, 3.05) is 12.8 Å². The number of aromatic nitrogens is 2. The summed E-state index contributed by atoms with van der Waals surface area (Å²) in [6.07, 6.45) is 1.31. The second-order valence-corrected chi connectivity index (χ2v) is 5.04. The number of nitro groups is 1. The first-order valence-corrected chi connectivity index (χ1v) is 6.52. The summed E-state index contributed by atoms with van der Waals surface area (Å²) in [6.45, 7) is 1.63. The van der Waals surface area contributed by atoms with Gasteiger partial charge in [0.25, 0.3) is 5.69 Å². The van der Waals surface area contributed by atoms with Gasteiger partial charge in [-0.1, -0.05) is 0 Å². The lowest BCUT2D eigenvalue weighted by Crippen LogP contribution is -2.08. The summed E-state index contributed by atoms with van der Waals surface area (Å²) in [5.41, 5.74) is 6.66. The number of methoxy groups -OCH3 is 1. The van der Waals surface area contributed by atoms with Gasteiger partial charge in [0.15, 0.2) is 5.69 Å². The minimum atomic E-state index is -0.677. The van der Waals surface area contributed by atoms with E-state index in [0.29, 0.717) is 15.7 Å². The van der Waals surface area contributed by atoms with Crippen LogP contribution in [0.3, 0.4) is 0 Å². The number of carbonyl (C=O) groups is 1. The molecule has 2 rings (SSSR count). The number of benzene rings is 1. The number of imidazole rings is 1. The summed E-state index contributed by atoms with van der Waals surface area (Å²) in [7, 11) is 1.22. The number of rotatable bonds is 3. The molecule has 21 heavy (non-hydrogen) atoms. The van der Waals surface area contributed by atoms with Gasteiger partial charge < -0.3 is 10.5 Å². The molecule has 1 aromatic carbocycles. The molecule has 0 saturated heterocycles. The molecular weight excluding hydrogens is 344 g/mol. The van der Waals surface area contributed by atoms with Crippen molar-refractivity contribution < 1.29 is 14.5 Å². The summed E-state index contributed by atoms with van der Waals surface area (Å²) in [5.74, 6) is -0.635. The Morgan fingerprint density at radius 3 is 2.76 bits per heavy atom. The van der Waals surface area contributed by atoms with E-state index in [0.717, 1.165) is 0 Å². The van der Waals surface area contributed by atoms with E-state index in [2.05, 4.69) is 25.7 Å². The maximum absolute atomic E-state index is 11.5. The lowest BCUT2D eigenvalue weighted by Gasteiger charge is -2.09. The predicted molar refractivity (Wildman–Crippen MR) is 78.4 cm³/mol. The Kier molecular flexibility index (Phi) is 3.94. The number of nitrogens with zero attached hydrogens (tertiary/aromatic N) is 3. The summed E-state index contributed by atoms with van der Waals surface area (Å²) < 4.78 is 6.53. The highest BCUT2D eigenvalue weighted by Crippen LogP contribution is 2.31. The first-order chi connectivity index (χ1) is 9.86. The summed E-state index contributed by atoms with van der Waals surface area (Å²) in [4.78, 5) is 25.9. The third-order valence-electron chi connectivity index (χ3n) is 2.90. The standard InChI is InChI=1S/C12H11BrN4O4/c1-6-3-7(13)9(4-8(6)17(19)20)16-5-15-10(11(16)14)12(18)21-2/h3-5H,14H2,1-2H3. The van der Waals surface area contributed by atoms with Crippen molar-refractivity contribution >= 4 is 33.4 Å². The molecule has 0 spiro atoms. The normalized spacial score (nSPS) is 10.4. The van der Waals surface area contributed by atoms with Crippen LogP contribution in [0, 0.1) is 17.0 Å². The van der Waals surface area contributed by atoms with Crippen molar-refractivity contribution in [2.24, 2.45) is 0 Å². The Bertz CT molecular complexity index is 741. The Labute approximate surface area is 127 Å². The number of nitrogen functional groups attached to an aromatic ring is 1. The number of hydrogen-bond acceptors (Lipinski definition) is 6. The van der Waals surface area contributed by atoms with Crippen LogP contribution >= 0.6 is 15.9 Å². The molecule has 0 unspecified atom stereocenters. The maximum Gasteiger partial charge on any atom is 0.360 e. The van der Waals surface area contributed by atoms with Gasteiger partial charge in [0.05, 0.1) is 17.7 Å². The number of carbonyl (C=O) groups excluding carboxylic acids is 1. The quantitative estimate of drug-likeness (QED) is 0.513. The Morgan fingerprint density at radius 1 is 1.52 bits per heavy atom. The zero-order valence-corrected chi connectivity index (χ0v) is 12.7. The van der Waals surface area contributed by atoms with E-state index in [1.54, 1.807) is 13.0 Å². The number of esters is 1. The molecule has 0 aliphatic carbocycles. The van der Waals surface area contributed by atoms with Crippen LogP contribution < -0.4 is 5.73 Å². The van der Waals surface area contributed by atoms with Crippen LogP contribution in [0.25, 0.3) is 5.69 Å². The Balaban J connectivity index is 2.62. The van der Waals surface area contributed by atoms with Gasteiger partial charge in [-0.05, 0) is 28.9 Å². The molecule has 8 nitrogen and oxygen atoms in total. The molecule has 9 heteroatoms. The average molecular weight is 355 g/mol. The fraction of sp³-hybridized carbons (Fsp3) is 0.167. The van der Waals surface area contributed by atoms with Crippen LogP contribution in [0.15, 0.2) is 22.9 Å². The van der Waals surface area contributed by atoms with Gasteiger partial charge in [0.1, 0.15) is 12.1 Å². The van der Waals surface area contributed by atoms with Crippen molar-refractivity contribution in [1.29, 1.82) is 0 Å². The molecule has 110 valence electrons. The summed E-state index contributed by atoms with van der Waals surface area (Å²) in [5, 5.41) is 11.0. The highest BCUT2D eigenvalue weighted by Gasteiger charge is 2.21. The first-order valence-electron chi connectivity index (χ1n) is 5.72. The molecule has 2 aromatic rings. The number of nitrogens with two attached hydrogens (primary N) is 1. The van der Waals surface area contributed by atoms with Gasteiger partial charge in [-0.2, -0.15) is 0 Å². The van der Waals surface area contributed by atoms with E-state index < -0.39 is 10.9 Å². The number of halogens is 1. The highest BCUT2D eigenvalue weighted by atomic mass is 79.9. The predicted octanol–water partition coefficient (Wildman–Crippen LogP) is 2.22. The van der Waals surface area contributed by atoms with Crippen molar-refractivity contribution in [3.05, 3.63) is 44.3 Å². The zero-order valence-electron chi connectivity index (χ0n) is 11.2. The van der Waals surface area contributed by atoms with Gasteiger partial charge in [-0.3, -0.25) is 14.7 Å². The molecule has 0 atom stereocenters. The van der Waals surface area contributed by atoms with E-state index in [9.17, 15) is 14.9 Å². The van der Waals surface area contributed by atoms with Crippen LogP contribution in [0.4, 0.5) is 11.5 Å². The van der Waals surface area contributed by atoms with E-state index in [1.807, 2.05) is 0 Å². The summed E-state index contributed by atoms with van der Waals surface area (Å²) in [6, 6.07) is 2.96. The van der Waals surface area contributed by atoms with Crippen LogP contribution in [0.2, 0.25) is 0 Å². The SMILES string of the molecule is COC(=O)c1ncn(-c2cc([N+](=O)[O-])c(C)cc2Br)c1N. The van der Waals surface area contributed by atoms with E-state index in [1.165, 1.54) is 24.1 Å². The van der Waals surface area contributed by atoms with Gasteiger partial charge >= 0.3 is 5.97 Å². The lowest BCUT2D eigenvalue weighted by molar-refractivity contribution is -0.385. The smallest absolute Gasteiger partial charge is 0.360 e. The van der Waals surface area contributed by atoms with Crippen molar-refractivity contribution in [3.63, 3.8) is 0 Å². The van der Waals surface area contributed by atoms with Crippen molar-refractivity contribution in [1.82, 2.24) is 9.55 Å². The van der Waals surface area contributed by atoms with Crippen LogP contribution in [0.1, 0.15) is 16.1 Å². The van der Waals surface area contributed by atoms with Crippen LogP contribution in [0.5, 0.6) is 0 Å². The molecule has 2 N–H and O–H groups in total. The van der Waals surface area contributed by atoms with Crippen LogP contribution in [-0.4, -0.2) is 27.6 Å². The third-order valence-corrected chi connectivity index (χ3v) is 3.54. The zero-order chi connectivity index (χ0) is 15.7. The number of nitro benzene ring substituents is 1. The van der Waals surface area contributed by atoms with E-state index in [4.69, 9.17) is 5.73 Å². The molecule has 1 aromatic heterocycles. The molecular formula is C12H11BrN4O4. The fourth-order valence-corrected chi connectivity index (χ4v) is 2.48. The number of anilines is 1. The first kappa shape index (κ1) is 15.0. The van der Waals surface area contributed by atoms with Gasteiger partial charge in [0, 0.05) is 16.1 Å². The topological polar surface area (TPSA) is 113 Å². The number of ether oxygens (including phenoxy) is 1. The van der Waals surface area contributed by atoms with E-state index in [-0.39, 0.29) is 17.2 Å². The monoisotopic (exact) mass is 354 g/mol. The van der Waals surface area contributed by atoms with Gasteiger partial charge in [-0.15, -0.1) is 0 Å². The third kappa shape index (κ3) is 2.59. The van der Waals surface area contributed by atoms with Gasteiger partial charge in [-0.25, -0.2) is 9.78 Å². The second-order valence-electron chi connectivity index (χ2n) is 4.19. The summed E-state index contributed by atoms with van der Waals surface area (Å²) >= 11 is 3.32. The van der Waals surface area contributed by atoms with Crippen molar-refractivity contribution in [3.8, 4) is 5.69 Å². The minimum Gasteiger partial charge on any atom is -0.464 e. The second kappa shape index (κ2) is 5.52. The Morgan fingerprint density at radius 2 is 2.19 bits per heavy atom. The highest BCUT2D eigenvalue weighted by molar-refractivity contribution is 9.10. The molecule has 0 bridgehead atoms. The van der Waals surface area contributed by atoms with Crippen LogP contribution in [-0.2, 0) is 4.74 Å². The van der Waals surface area contributed by atoms with Gasteiger partial charge in [0.2, 0.25) is 0 Å². The molecule has 0 aliphatic heterocycles. The molecule has 1 heterocycles. The Hall–Kier alpha value is -2.42. The molecule has 0 radical (unpaired) electrons. The molecule has 0 amide bonds. The lowest BCUT2D eigenvalue weighted by atomic mass is 10.2. The largest absolute Gasteiger partial charge is 0.464 e. The van der Waals surface area contributed by atoms with E-state index >= 15 is 0 Å². The number of hydrogen-bond donors (Lipinski definition) is 1. The molecule has 0 saturated carbocycles. The van der Waals surface area contributed by atoms with Crippen molar-refractivity contribution in [2.45, 2.75) is 6.92 Å². The average Bonchev–Trinajstić information content (AvgIpc) is 2.79. The maximum atomic E-state index is 11.5. The molecule has 0 aliphatic rings. The number of aryl methyl sites for hydroxylation is 1. The fourth-order valence-electron chi connectivity index (χ4n) is 1.84. The molecule has 0 fully saturated rings. The minimum absolute atomic E-state index is 0.0423.